The molecule has 1 amide bonds. The van der Waals surface area contributed by atoms with Crippen molar-refractivity contribution in [2.24, 2.45) is 5.92 Å². The van der Waals surface area contributed by atoms with Crippen LogP contribution in [-0.2, 0) is 9.59 Å². The molecule has 24 heavy (non-hydrogen) atoms. The Kier molecular flexibility index (Phi) is 3.63. The van der Waals surface area contributed by atoms with E-state index in [0.29, 0.717) is 11.3 Å². The number of aliphatic hydroxyl groups is 1. The number of carboxylic acids is 1. The fourth-order valence-electron chi connectivity index (χ4n) is 3.32. The molecule has 3 atom stereocenters. The van der Waals surface area contributed by atoms with Crippen LogP contribution >= 0.6 is 23.1 Å². The fourth-order valence-corrected chi connectivity index (χ4v) is 5.65. The predicted octanol–water partition coefficient (Wildman–Crippen LogP) is 2.30. The number of carbonyl (C=O) groups is 2. The molecule has 1 fully saturated rings. The summed E-state index contributed by atoms with van der Waals surface area (Å²) in [5.74, 6) is -1.95. The highest BCUT2D eigenvalue weighted by Gasteiger charge is 2.56. The van der Waals surface area contributed by atoms with Crippen molar-refractivity contribution >= 4 is 45.2 Å². The Labute approximate surface area is 145 Å². The Hall–Kier alpha value is -1.90. The summed E-state index contributed by atoms with van der Waals surface area (Å²) in [6.07, 6.45) is -0.329. The van der Waals surface area contributed by atoms with Gasteiger partial charge in [-0.2, -0.15) is 0 Å². The Bertz CT molecular complexity index is 856. The van der Waals surface area contributed by atoms with Gasteiger partial charge in [-0.25, -0.2) is 9.78 Å². The first-order valence-electron chi connectivity index (χ1n) is 7.48. The van der Waals surface area contributed by atoms with Crippen molar-refractivity contribution in [1.29, 1.82) is 0 Å². The average molecular weight is 362 g/mol. The van der Waals surface area contributed by atoms with E-state index in [1.54, 1.807) is 6.92 Å². The minimum atomic E-state index is -1.11. The summed E-state index contributed by atoms with van der Waals surface area (Å²) in [5.41, 5.74) is 0.910. The van der Waals surface area contributed by atoms with Crippen LogP contribution in [0.1, 0.15) is 13.3 Å². The molecule has 6 nitrogen and oxygen atoms in total. The van der Waals surface area contributed by atoms with E-state index >= 15 is 0 Å². The number of carbonyl (C=O) groups excluding carboxylic acids is 1. The first kappa shape index (κ1) is 15.6. The van der Waals surface area contributed by atoms with Gasteiger partial charge in [-0.15, -0.1) is 11.3 Å². The standard InChI is InChI=1S/C16H14N2O4S2/c1-7(19)12-9-6-11(13(15(21)22)18(9)14(12)20)24-16-17-8-4-2-3-5-10(8)23-16/h2-5,7,9,12,19H,6H2,1H3,(H,21,22)/t7-,9-,12-/m1/s1. The number of nitrogens with zero attached hydrogens (tertiary/aromatic N) is 2. The number of hydrogen-bond acceptors (Lipinski definition) is 6. The maximum atomic E-state index is 12.2. The summed E-state index contributed by atoms with van der Waals surface area (Å²) >= 11 is 2.81. The maximum Gasteiger partial charge on any atom is 0.353 e. The number of benzene rings is 1. The molecule has 0 spiro atoms. The van der Waals surface area contributed by atoms with Crippen LogP contribution in [0.25, 0.3) is 10.2 Å². The minimum Gasteiger partial charge on any atom is -0.477 e. The fraction of sp³-hybridized carbons (Fsp3) is 0.312. The molecule has 3 heterocycles. The average Bonchev–Trinajstić information content (AvgIpc) is 3.05. The molecule has 0 saturated carbocycles. The molecular formula is C16H14N2O4S2. The van der Waals surface area contributed by atoms with Gasteiger partial charge in [0, 0.05) is 11.3 Å². The number of fused-ring (bicyclic) bond motifs is 2. The Morgan fingerprint density at radius 1 is 1.46 bits per heavy atom. The van der Waals surface area contributed by atoms with Gasteiger partial charge in [0.2, 0.25) is 5.91 Å². The van der Waals surface area contributed by atoms with Crippen LogP contribution in [0, 0.1) is 5.92 Å². The zero-order valence-electron chi connectivity index (χ0n) is 12.7. The van der Waals surface area contributed by atoms with Gasteiger partial charge in [0.25, 0.3) is 0 Å². The molecule has 2 aliphatic rings. The molecular weight excluding hydrogens is 348 g/mol. The minimum absolute atomic E-state index is 0.0335. The van der Waals surface area contributed by atoms with E-state index in [-0.39, 0.29) is 17.6 Å². The summed E-state index contributed by atoms with van der Waals surface area (Å²) < 4.78 is 1.80. The number of thiazole rings is 1. The van der Waals surface area contributed by atoms with Gasteiger partial charge in [0.1, 0.15) is 5.70 Å². The van der Waals surface area contributed by atoms with Crippen molar-refractivity contribution in [3.8, 4) is 0 Å². The van der Waals surface area contributed by atoms with E-state index < -0.39 is 18.0 Å². The summed E-state index contributed by atoms with van der Waals surface area (Å²) in [6.45, 7) is 1.57. The molecule has 0 unspecified atom stereocenters. The smallest absolute Gasteiger partial charge is 0.353 e. The van der Waals surface area contributed by atoms with Gasteiger partial charge >= 0.3 is 5.97 Å². The summed E-state index contributed by atoms with van der Waals surface area (Å²) in [4.78, 5) is 30.3. The third-order valence-corrected chi connectivity index (χ3v) is 6.58. The van der Waals surface area contributed by atoms with E-state index in [9.17, 15) is 19.8 Å². The summed E-state index contributed by atoms with van der Waals surface area (Å²) in [6, 6.07) is 7.46. The van der Waals surface area contributed by atoms with Crippen molar-refractivity contribution in [2.45, 2.75) is 29.8 Å². The second-order valence-corrected chi connectivity index (χ2v) is 8.25. The Morgan fingerprint density at radius 2 is 2.21 bits per heavy atom. The van der Waals surface area contributed by atoms with Gasteiger partial charge in [0.15, 0.2) is 4.34 Å². The number of para-hydroxylation sites is 1. The summed E-state index contributed by atoms with van der Waals surface area (Å²) in [7, 11) is 0. The highest BCUT2D eigenvalue weighted by molar-refractivity contribution is 8.04. The number of aromatic nitrogens is 1. The molecule has 8 heteroatoms. The van der Waals surface area contributed by atoms with Crippen LogP contribution < -0.4 is 0 Å². The predicted molar refractivity (Wildman–Crippen MR) is 90.6 cm³/mol. The van der Waals surface area contributed by atoms with Crippen LogP contribution in [0.3, 0.4) is 0 Å². The lowest BCUT2D eigenvalue weighted by Gasteiger charge is -2.44. The van der Waals surface area contributed by atoms with Crippen molar-refractivity contribution < 1.29 is 19.8 Å². The van der Waals surface area contributed by atoms with Gasteiger partial charge < -0.3 is 15.1 Å². The Balaban J connectivity index is 1.66. The maximum absolute atomic E-state index is 12.2. The van der Waals surface area contributed by atoms with E-state index in [1.165, 1.54) is 28.0 Å². The zero-order valence-corrected chi connectivity index (χ0v) is 14.3. The van der Waals surface area contributed by atoms with E-state index in [2.05, 4.69) is 4.98 Å². The number of aliphatic hydroxyl groups excluding tert-OH is 1. The highest BCUT2D eigenvalue weighted by Crippen LogP contribution is 2.49. The van der Waals surface area contributed by atoms with Gasteiger partial charge in [-0.1, -0.05) is 23.9 Å². The normalized spacial score (nSPS) is 24.2. The quantitative estimate of drug-likeness (QED) is 0.811. The molecule has 124 valence electrons. The lowest BCUT2D eigenvalue weighted by molar-refractivity contribution is -0.161. The first-order valence-corrected chi connectivity index (χ1v) is 9.11. The molecule has 2 aliphatic heterocycles. The molecule has 4 rings (SSSR count). The number of β-lactam (4-membered cyclic amide) rings is 1. The number of thioether (sulfide) groups is 1. The molecule has 2 N–H and O–H groups in total. The topological polar surface area (TPSA) is 90.7 Å². The van der Waals surface area contributed by atoms with Gasteiger partial charge in [-0.3, -0.25) is 4.79 Å². The number of rotatable bonds is 4. The van der Waals surface area contributed by atoms with Crippen molar-refractivity contribution in [3.63, 3.8) is 0 Å². The molecule has 0 aliphatic carbocycles. The second kappa shape index (κ2) is 5.58. The van der Waals surface area contributed by atoms with Crippen molar-refractivity contribution in [1.82, 2.24) is 9.88 Å². The molecule has 0 bridgehead atoms. The van der Waals surface area contributed by atoms with Gasteiger partial charge in [-0.05, 0) is 19.1 Å². The van der Waals surface area contributed by atoms with E-state index in [0.717, 1.165) is 14.6 Å². The second-order valence-electron chi connectivity index (χ2n) is 5.87. The number of aliphatic carboxylic acids is 1. The molecule has 0 radical (unpaired) electrons. The van der Waals surface area contributed by atoms with Crippen LogP contribution in [0.15, 0.2) is 39.2 Å². The molecule has 1 aromatic heterocycles. The summed E-state index contributed by atoms with van der Waals surface area (Å²) in [5, 5.41) is 19.3. The van der Waals surface area contributed by atoms with Crippen LogP contribution in [0.4, 0.5) is 0 Å². The molecule has 1 saturated heterocycles. The van der Waals surface area contributed by atoms with Crippen LogP contribution in [0.2, 0.25) is 0 Å². The third-order valence-electron chi connectivity index (χ3n) is 4.38. The van der Waals surface area contributed by atoms with Crippen LogP contribution in [0.5, 0.6) is 0 Å². The molecule has 2 aromatic rings. The highest BCUT2D eigenvalue weighted by atomic mass is 32.2. The zero-order chi connectivity index (χ0) is 17.0. The first-order chi connectivity index (χ1) is 11.5. The van der Waals surface area contributed by atoms with E-state index in [4.69, 9.17) is 0 Å². The number of amides is 1. The lowest BCUT2D eigenvalue weighted by Crippen LogP contribution is -2.61. The van der Waals surface area contributed by atoms with E-state index in [1.807, 2.05) is 24.3 Å². The van der Waals surface area contributed by atoms with Crippen molar-refractivity contribution in [2.75, 3.05) is 0 Å². The Morgan fingerprint density at radius 3 is 2.88 bits per heavy atom. The largest absolute Gasteiger partial charge is 0.477 e. The lowest BCUT2D eigenvalue weighted by atomic mass is 9.83. The molecule has 1 aromatic carbocycles. The number of hydrogen-bond donors (Lipinski definition) is 2. The monoisotopic (exact) mass is 362 g/mol. The van der Waals surface area contributed by atoms with Crippen LogP contribution in [-0.4, -0.2) is 44.1 Å². The number of carboxylic acid groups (broad SMARTS) is 1. The van der Waals surface area contributed by atoms with Gasteiger partial charge in [0.05, 0.1) is 28.3 Å². The third kappa shape index (κ3) is 2.25. The SMILES string of the molecule is C[C@@H](O)[C@H]1C(=O)N2C(C(=O)O)=C(Sc3nc4ccccc4s3)C[C@H]12. The van der Waals surface area contributed by atoms with Crippen molar-refractivity contribution in [3.05, 3.63) is 34.9 Å².